The van der Waals surface area contributed by atoms with Crippen LogP contribution < -0.4 is 4.90 Å². The zero-order valence-corrected chi connectivity index (χ0v) is 16.4. The molecular weight excluding hydrogens is 310 g/mol. The maximum atomic E-state index is 4.65. The molecule has 1 N–H and O–H groups in total. The second-order valence-corrected chi connectivity index (χ2v) is 7.37. The number of pyridine rings is 1. The Labute approximate surface area is 152 Å². The monoisotopic (exact) mass is 343 g/mol. The standard InChI is InChI=1S/C20H33N5/c1-6-7-11-24(4)15-18-14-22-23-20(18)17-8-9-19(21-13-17)25(5)12-10-16(2)3/h8-9,13-14,16H,6-7,10-12,15H2,1-5H3,(H,22,23). The molecule has 0 spiro atoms. The molecule has 0 saturated heterocycles. The summed E-state index contributed by atoms with van der Waals surface area (Å²) in [6, 6.07) is 4.23. The number of hydrogen-bond acceptors (Lipinski definition) is 4. The third kappa shape index (κ3) is 5.85. The van der Waals surface area contributed by atoms with E-state index in [1.807, 2.05) is 12.4 Å². The van der Waals surface area contributed by atoms with Crippen LogP contribution in [-0.4, -0.2) is 47.3 Å². The predicted molar refractivity (Wildman–Crippen MR) is 106 cm³/mol. The molecule has 0 aromatic carbocycles. The Kier molecular flexibility index (Phi) is 7.44. The van der Waals surface area contributed by atoms with Crippen LogP contribution in [0.3, 0.4) is 0 Å². The first-order chi connectivity index (χ1) is 12.0. The first-order valence-corrected chi connectivity index (χ1v) is 9.39. The molecule has 2 heterocycles. The Morgan fingerprint density at radius 1 is 1.12 bits per heavy atom. The van der Waals surface area contributed by atoms with Crippen LogP contribution in [0.5, 0.6) is 0 Å². The average molecular weight is 344 g/mol. The van der Waals surface area contributed by atoms with Crippen molar-refractivity contribution >= 4 is 5.82 Å². The summed E-state index contributed by atoms with van der Waals surface area (Å²) in [5, 5.41) is 7.39. The van der Waals surface area contributed by atoms with Crippen molar-refractivity contribution in [3.63, 3.8) is 0 Å². The lowest BCUT2D eigenvalue weighted by Gasteiger charge is -2.19. The Balaban J connectivity index is 2.04. The molecular formula is C20H33N5. The fraction of sp³-hybridized carbons (Fsp3) is 0.600. The lowest BCUT2D eigenvalue weighted by atomic mass is 10.1. The van der Waals surface area contributed by atoms with Gasteiger partial charge in [0, 0.05) is 37.5 Å². The van der Waals surface area contributed by atoms with Crippen molar-refractivity contribution in [2.75, 3.05) is 32.1 Å². The van der Waals surface area contributed by atoms with E-state index in [1.54, 1.807) is 0 Å². The second-order valence-electron chi connectivity index (χ2n) is 7.37. The minimum atomic E-state index is 0.707. The van der Waals surface area contributed by atoms with Crippen molar-refractivity contribution in [2.45, 2.75) is 46.6 Å². The molecule has 2 aromatic rings. The Morgan fingerprint density at radius 2 is 1.92 bits per heavy atom. The first-order valence-electron chi connectivity index (χ1n) is 9.39. The maximum Gasteiger partial charge on any atom is 0.128 e. The lowest BCUT2D eigenvalue weighted by molar-refractivity contribution is 0.321. The van der Waals surface area contributed by atoms with E-state index in [0.717, 1.165) is 36.7 Å². The summed E-state index contributed by atoms with van der Waals surface area (Å²) in [5.41, 5.74) is 3.39. The second kappa shape index (κ2) is 9.56. The molecule has 5 nitrogen and oxygen atoms in total. The summed E-state index contributed by atoms with van der Waals surface area (Å²) in [6.45, 7) is 9.77. The number of hydrogen-bond donors (Lipinski definition) is 1. The zero-order chi connectivity index (χ0) is 18.2. The normalized spacial score (nSPS) is 11.5. The summed E-state index contributed by atoms with van der Waals surface area (Å²) in [6.07, 6.45) is 7.50. The third-order valence-corrected chi connectivity index (χ3v) is 4.52. The fourth-order valence-electron chi connectivity index (χ4n) is 2.80. The van der Waals surface area contributed by atoms with Gasteiger partial charge in [0.25, 0.3) is 0 Å². The maximum absolute atomic E-state index is 4.65. The van der Waals surface area contributed by atoms with Crippen molar-refractivity contribution in [1.29, 1.82) is 0 Å². The van der Waals surface area contributed by atoms with Gasteiger partial charge in [-0.25, -0.2) is 4.98 Å². The van der Waals surface area contributed by atoms with Gasteiger partial charge in [-0.05, 0) is 44.5 Å². The molecule has 0 aliphatic heterocycles. The van der Waals surface area contributed by atoms with Crippen molar-refractivity contribution in [2.24, 2.45) is 5.92 Å². The highest BCUT2D eigenvalue weighted by Gasteiger charge is 2.11. The van der Waals surface area contributed by atoms with Gasteiger partial charge in [0.05, 0.1) is 11.9 Å². The van der Waals surface area contributed by atoms with Crippen LogP contribution in [-0.2, 0) is 6.54 Å². The first kappa shape index (κ1) is 19.4. The number of unbranched alkanes of at least 4 members (excludes halogenated alkanes) is 1. The van der Waals surface area contributed by atoms with Crippen LogP contribution in [0.2, 0.25) is 0 Å². The minimum absolute atomic E-state index is 0.707. The molecule has 0 unspecified atom stereocenters. The fourth-order valence-corrected chi connectivity index (χ4v) is 2.80. The smallest absolute Gasteiger partial charge is 0.128 e. The van der Waals surface area contributed by atoms with Crippen LogP contribution in [0, 0.1) is 5.92 Å². The summed E-state index contributed by atoms with van der Waals surface area (Å²) >= 11 is 0. The van der Waals surface area contributed by atoms with Crippen molar-refractivity contribution in [3.05, 3.63) is 30.1 Å². The van der Waals surface area contributed by atoms with Gasteiger partial charge in [0.15, 0.2) is 0 Å². The average Bonchev–Trinajstić information content (AvgIpc) is 3.06. The van der Waals surface area contributed by atoms with Crippen LogP contribution in [0.4, 0.5) is 5.82 Å². The number of rotatable bonds is 10. The molecule has 5 heteroatoms. The van der Waals surface area contributed by atoms with Gasteiger partial charge in [-0.3, -0.25) is 5.10 Å². The van der Waals surface area contributed by atoms with E-state index in [-0.39, 0.29) is 0 Å². The van der Waals surface area contributed by atoms with Crippen molar-refractivity contribution < 1.29 is 0 Å². The van der Waals surface area contributed by atoms with Gasteiger partial charge in [-0.1, -0.05) is 27.2 Å². The highest BCUT2D eigenvalue weighted by Crippen LogP contribution is 2.23. The van der Waals surface area contributed by atoms with E-state index < -0.39 is 0 Å². The number of H-pyrrole nitrogens is 1. The van der Waals surface area contributed by atoms with E-state index in [4.69, 9.17) is 0 Å². The van der Waals surface area contributed by atoms with E-state index in [2.05, 4.69) is 72.0 Å². The van der Waals surface area contributed by atoms with Crippen LogP contribution in [0.15, 0.2) is 24.5 Å². The van der Waals surface area contributed by atoms with E-state index in [1.165, 1.54) is 24.8 Å². The minimum Gasteiger partial charge on any atom is -0.360 e. The highest BCUT2D eigenvalue weighted by molar-refractivity contribution is 5.63. The van der Waals surface area contributed by atoms with Crippen LogP contribution in [0.25, 0.3) is 11.3 Å². The molecule has 25 heavy (non-hydrogen) atoms. The Hall–Kier alpha value is -1.88. The SMILES string of the molecule is CCCCN(C)Cc1cn[nH]c1-c1ccc(N(C)CCC(C)C)nc1. The van der Waals surface area contributed by atoms with Gasteiger partial charge in [0.1, 0.15) is 5.82 Å². The van der Waals surface area contributed by atoms with Gasteiger partial charge in [-0.15, -0.1) is 0 Å². The van der Waals surface area contributed by atoms with E-state index in [0.29, 0.717) is 5.92 Å². The molecule has 0 aliphatic rings. The highest BCUT2D eigenvalue weighted by atomic mass is 15.2. The molecule has 0 saturated carbocycles. The Bertz CT molecular complexity index is 617. The molecule has 0 atom stereocenters. The summed E-state index contributed by atoms with van der Waals surface area (Å²) in [5.74, 6) is 1.73. The summed E-state index contributed by atoms with van der Waals surface area (Å²) in [4.78, 5) is 9.21. The molecule has 0 radical (unpaired) electrons. The number of nitrogens with one attached hydrogen (secondary N) is 1. The molecule has 0 aliphatic carbocycles. The number of aromatic nitrogens is 3. The van der Waals surface area contributed by atoms with Gasteiger partial charge in [0.2, 0.25) is 0 Å². The van der Waals surface area contributed by atoms with Crippen molar-refractivity contribution in [3.8, 4) is 11.3 Å². The van der Waals surface area contributed by atoms with Gasteiger partial charge in [-0.2, -0.15) is 5.10 Å². The lowest BCUT2D eigenvalue weighted by Crippen LogP contribution is -2.20. The summed E-state index contributed by atoms with van der Waals surface area (Å²) in [7, 11) is 4.27. The molecule has 0 bridgehead atoms. The van der Waals surface area contributed by atoms with Crippen molar-refractivity contribution in [1.82, 2.24) is 20.1 Å². The van der Waals surface area contributed by atoms with Gasteiger partial charge >= 0.3 is 0 Å². The van der Waals surface area contributed by atoms with E-state index in [9.17, 15) is 0 Å². The third-order valence-electron chi connectivity index (χ3n) is 4.52. The number of aromatic amines is 1. The molecule has 138 valence electrons. The van der Waals surface area contributed by atoms with Crippen LogP contribution in [0.1, 0.15) is 45.6 Å². The van der Waals surface area contributed by atoms with Crippen LogP contribution >= 0.6 is 0 Å². The number of anilines is 1. The quantitative estimate of drug-likeness (QED) is 0.703. The molecule has 2 aromatic heterocycles. The summed E-state index contributed by atoms with van der Waals surface area (Å²) < 4.78 is 0. The molecule has 0 fully saturated rings. The van der Waals surface area contributed by atoms with Gasteiger partial charge < -0.3 is 9.80 Å². The largest absolute Gasteiger partial charge is 0.360 e. The molecule has 2 rings (SSSR count). The number of nitrogens with zero attached hydrogens (tertiary/aromatic N) is 4. The zero-order valence-electron chi connectivity index (χ0n) is 16.4. The predicted octanol–water partition coefficient (Wildman–Crippen LogP) is 4.19. The molecule has 0 amide bonds. The van der Waals surface area contributed by atoms with E-state index >= 15 is 0 Å². The Morgan fingerprint density at radius 3 is 2.56 bits per heavy atom. The topological polar surface area (TPSA) is 48.1 Å².